The second-order valence-corrected chi connectivity index (χ2v) is 8.89. The van der Waals surface area contributed by atoms with E-state index in [1.54, 1.807) is 11.4 Å². The zero-order chi connectivity index (χ0) is 19.0. The van der Waals surface area contributed by atoms with Crippen LogP contribution < -0.4 is 4.74 Å². The molecule has 1 aliphatic heterocycles. The minimum atomic E-state index is -3.13. The topological polar surface area (TPSA) is 63.9 Å². The van der Waals surface area contributed by atoms with Crippen LogP contribution in [0.5, 0.6) is 5.75 Å². The van der Waals surface area contributed by atoms with Crippen LogP contribution in [-0.4, -0.2) is 48.6 Å². The van der Waals surface area contributed by atoms with Gasteiger partial charge in [0.2, 0.25) is 10.0 Å². The number of aromatic nitrogens is 2. The highest BCUT2D eigenvalue weighted by molar-refractivity contribution is 7.88. The molecule has 7 heteroatoms. The highest BCUT2D eigenvalue weighted by Crippen LogP contribution is 2.36. The monoisotopic (exact) mass is 385 g/mol. The summed E-state index contributed by atoms with van der Waals surface area (Å²) in [5, 5.41) is 0. The van der Waals surface area contributed by atoms with E-state index in [1.165, 1.54) is 6.26 Å². The molecule has 0 bridgehead atoms. The summed E-state index contributed by atoms with van der Waals surface area (Å²) in [4.78, 5) is 4.99. The Balaban J connectivity index is 1.76. The second kappa shape index (κ2) is 6.98. The fourth-order valence-corrected chi connectivity index (χ4v) is 4.71. The zero-order valence-electron chi connectivity index (χ0n) is 15.5. The molecular formula is C20H23N3O3S. The zero-order valence-corrected chi connectivity index (χ0v) is 16.3. The number of benzene rings is 1. The lowest BCUT2D eigenvalue weighted by Gasteiger charge is -2.29. The number of methoxy groups -OCH3 is 1. The van der Waals surface area contributed by atoms with Gasteiger partial charge in [-0.25, -0.2) is 17.7 Å². The maximum absolute atomic E-state index is 11.8. The first-order chi connectivity index (χ1) is 13.0. The first-order valence-electron chi connectivity index (χ1n) is 9.04. The van der Waals surface area contributed by atoms with Crippen LogP contribution in [0.4, 0.5) is 0 Å². The second-order valence-electron chi connectivity index (χ2n) is 6.91. The van der Waals surface area contributed by atoms with Crippen LogP contribution in [0.2, 0.25) is 0 Å². The van der Waals surface area contributed by atoms with E-state index in [0.29, 0.717) is 13.1 Å². The van der Waals surface area contributed by atoms with Crippen molar-refractivity contribution >= 4 is 15.5 Å². The third-order valence-corrected chi connectivity index (χ3v) is 6.53. The molecule has 4 rings (SSSR count). The Kier molecular flexibility index (Phi) is 4.65. The van der Waals surface area contributed by atoms with Gasteiger partial charge in [0.15, 0.2) is 0 Å². The van der Waals surface area contributed by atoms with Gasteiger partial charge >= 0.3 is 0 Å². The number of rotatable bonds is 4. The first-order valence-corrected chi connectivity index (χ1v) is 10.9. The molecule has 3 aromatic rings. The fourth-order valence-electron chi connectivity index (χ4n) is 3.83. The molecule has 1 saturated heterocycles. The molecule has 0 radical (unpaired) electrons. The van der Waals surface area contributed by atoms with Crippen LogP contribution in [0.3, 0.4) is 0 Å². The summed E-state index contributed by atoms with van der Waals surface area (Å²) >= 11 is 0. The maximum Gasteiger partial charge on any atom is 0.211 e. The summed E-state index contributed by atoms with van der Waals surface area (Å²) in [6.07, 6.45) is 4.84. The molecule has 0 amide bonds. The molecule has 0 N–H and O–H groups in total. The van der Waals surface area contributed by atoms with Crippen LogP contribution in [-0.2, 0) is 10.0 Å². The van der Waals surface area contributed by atoms with Gasteiger partial charge in [-0.1, -0.05) is 18.2 Å². The van der Waals surface area contributed by atoms with Crippen LogP contribution in [0.15, 0.2) is 48.7 Å². The molecule has 0 unspecified atom stereocenters. The highest BCUT2D eigenvalue weighted by atomic mass is 32.2. The smallest absolute Gasteiger partial charge is 0.211 e. The summed E-state index contributed by atoms with van der Waals surface area (Å²) in [5.41, 5.74) is 2.89. The molecule has 0 atom stereocenters. The Bertz CT molecular complexity index is 1070. The largest absolute Gasteiger partial charge is 0.496 e. The van der Waals surface area contributed by atoms with E-state index in [1.807, 2.05) is 42.6 Å². The van der Waals surface area contributed by atoms with Crippen molar-refractivity contribution in [2.45, 2.75) is 18.8 Å². The number of sulfonamides is 1. The molecule has 142 valence electrons. The predicted octanol–water partition coefficient (Wildman–Crippen LogP) is 3.15. The maximum atomic E-state index is 11.8. The van der Waals surface area contributed by atoms with Crippen molar-refractivity contribution in [2.75, 3.05) is 26.5 Å². The van der Waals surface area contributed by atoms with E-state index in [2.05, 4.69) is 10.5 Å². The number of imidazole rings is 1. The van der Waals surface area contributed by atoms with Gasteiger partial charge in [0.05, 0.1) is 18.9 Å². The lowest BCUT2D eigenvalue weighted by molar-refractivity contribution is 0.315. The average Bonchev–Trinajstić information content (AvgIpc) is 3.07. The van der Waals surface area contributed by atoms with Crippen molar-refractivity contribution in [3.63, 3.8) is 0 Å². The molecular weight excluding hydrogens is 362 g/mol. The Labute approximate surface area is 159 Å². The predicted molar refractivity (Wildman–Crippen MR) is 106 cm³/mol. The molecule has 1 aromatic carbocycles. The van der Waals surface area contributed by atoms with Crippen molar-refractivity contribution < 1.29 is 13.2 Å². The average molecular weight is 385 g/mol. The van der Waals surface area contributed by atoms with E-state index in [-0.39, 0.29) is 5.92 Å². The Hall–Kier alpha value is -2.38. The number of hydrogen-bond acceptors (Lipinski definition) is 4. The standard InChI is InChI=1S/C20H23N3O3S/c1-26-18-9-4-3-7-16(18)19-17-8-5-6-12-23(17)20(21-19)15-10-13-22(14-11-15)27(2,24)25/h3-9,12,15H,10-11,13-14H2,1-2H3. The summed E-state index contributed by atoms with van der Waals surface area (Å²) < 4.78 is 32.8. The van der Waals surface area contributed by atoms with E-state index in [0.717, 1.165) is 41.2 Å². The summed E-state index contributed by atoms with van der Waals surface area (Å²) in [6.45, 7) is 1.07. The van der Waals surface area contributed by atoms with Crippen molar-refractivity contribution in [3.05, 3.63) is 54.5 Å². The van der Waals surface area contributed by atoms with Gasteiger partial charge in [-0.15, -0.1) is 0 Å². The summed E-state index contributed by atoms with van der Waals surface area (Å²) in [6, 6.07) is 13.9. The number of para-hydroxylation sites is 1. The molecule has 3 heterocycles. The minimum absolute atomic E-state index is 0.223. The number of nitrogens with zero attached hydrogens (tertiary/aromatic N) is 3. The van der Waals surface area contributed by atoms with E-state index in [9.17, 15) is 8.42 Å². The van der Waals surface area contributed by atoms with Crippen molar-refractivity contribution in [2.24, 2.45) is 0 Å². The lowest BCUT2D eigenvalue weighted by atomic mass is 9.97. The van der Waals surface area contributed by atoms with Crippen LogP contribution in [0, 0.1) is 0 Å². The van der Waals surface area contributed by atoms with Gasteiger partial charge in [0, 0.05) is 30.8 Å². The normalized spacial score (nSPS) is 16.7. The SMILES string of the molecule is COc1ccccc1-c1nc(C2CCN(S(C)(=O)=O)CC2)n2ccccc12. The molecule has 27 heavy (non-hydrogen) atoms. The van der Waals surface area contributed by atoms with Gasteiger partial charge < -0.3 is 9.14 Å². The fraction of sp³-hybridized carbons (Fsp3) is 0.350. The van der Waals surface area contributed by atoms with Gasteiger partial charge in [0.25, 0.3) is 0 Å². The minimum Gasteiger partial charge on any atom is -0.496 e. The van der Waals surface area contributed by atoms with Gasteiger partial charge in [-0.05, 0) is 37.1 Å². The summed E-state index contributed by atoms with van der Waals surface area (Å²) in [7, 11) is -1.47. The van der Waals surface area contributed by atoms with Crippen molar-refractivity contribution in [1.82, 2.24) is 13.7 Å². The van der Waals surface area contributed by atoms with E-state index >= 15 is 0 Å². The first kappa shape index (κ1) is 18.0. The third-order valence-electron chi connectivity index (χ3n) is 5.23. The van der Waals surface area contributed by atoms with Gasteiger partial charge in [-0.3, -0.25) is 0 Å². The lowest BCUT2D eigenvalue weighted by Crippen LogP contribution is -2.37. The van der Waals surface area contributed by atoms with Crippen LogP contribution >= 0.6 is 0 Å². The van der Waals surface area contributed by atoms with Crippen molar-refractivity contribution in [1.29, 1.82) is 0 Å². The number of fused-ring (bicyclic) bond motifs is 1. The van der Waals surface area contributed by atoms with Crippen LogP contribution in [0.25, 0.3) is 16.8 Å². The van der Waals surface area contributed by atoms with E-state index < -0.39 is 10.0 Å². The highest BCUT2D eigenvalue weighted by Gasteiger charge is 2.29. The number of piperidine rings is 1. The molecule has 0 aliphatic carbocycles. The molecule has 0 spiro atoms. The molecule has 0 saturated carbocycles. The van der Waals surface area contributed by atoms with Crippen LogP contribution in [0.1, 0.15) is 24.6 Å². The molecule has 2 aromatic heterocycles. The molecule has 1 aliphatic rings. The number of hydrogen-bond donors (Lipinski definition) is 0. The molecule has 6 nitrogen and oxygen atoms in total. The van der Waals surface area contributed by atoms with Gasteiger partial charge in [0.1, 0.15) is 17.3 Å². The van der Waals surface area contributed by atoms with E-state index in [4.69, 9.17) is 9.72 Å². The Morgan fingerprint density at radius 1 is 1.07 bits per heavy atom. The molecule has 1 fully saturated rings. The third kappa shape index (κ3) is 3.33. The summed E-state index contributed by atoms with van der Waals surface area (Å²) in [5.74, 6) is 2.00. The number of pyridine rings is 1. The van der Waals surface area contributed by atoms with Gasteiger partial charge in [-0.2, -0.15) is 0 Å². The number of ether oxygens (including phenoxy) is 1. The Morgan fingerprint density at radius 2 is 1.78 bits per heavy atom. The van der Waals surface area contributed by atoms with Crippen molar-refractivity contribution in [3.8, 4) is 17.0 Å². The quantitative estimate of drug-likeness (QED) is 0.692. The Morgan fingerprint density at radius 3 is 2.48 bits per heavy atom.